The number of imide groups is 1. The molecule has 0 saturated heterocycles. The lowest BCUT2D eigenvalue weighted by molar-refractivity contribution is -0.384. The number of nitrogens with zero attached hydrogens (tertiary/aromatic N) is 1. The van der Waals surface area contributed by atoms with E-state index in [9.17, 15) is 19.7 Å². The Morgan fingerprint density at radius 2 is 2.00 bits per heavy atom. The summed E-state index contributed by atoms with van der Waals surface area (Å²) in [5.41, 5.74) is 0.616. The second-order valence-electron chi connectivity index (χ2n) is 3.27. The normalized spacial score (nSPS) is 9.62. The molecule has 84 valence electrons. The molecule has 16 heavy (non-hydrogen) atoms. The lowest BCUT2D eigenvalue weighted by atomic mass is 10.1. The van der Waals surface area contributed by atoms with Crippen molar-refractivity contribution in [3.63, 3.8) is 0 Å². The molecule has 0 heterocycles. The lowest BCUT2D eigenvalue weighted by Gasteiger charge is -2.04. The average Bonchev–Trinajstić information content (AvgIpc) is 2.15. The monoisotopic (exact) mass is 222 g/mol. The third-order valence-electron chi connectivity index (χ3n) is 1.95. The van der Waals surface area contributed by atoms with E-state index < -0.39 is 16.7 Å². The minimum atomic E-state index is -0.556. The van der Waals surface area contributed by atoms with E-state index in [2.05, 4.69) is 5.32 Å². The molecule has 1 N–H and O–H groups in total. The molecule has 1 rings (SSSR count). The smallest absolute Gasteiger partial charge is 0.269 e. The summed E-state index contributed by atoms with van der Waals surface area (Å²) in [6, 6.07) is 3.84. The maximum absolute atomic E-state index is 11.5. The number of nitrogens with one attached hydrogen (secondary N) is 1. The van der Waals surface area contributed by atoms with Crippen molar-refractivity contribution >= 4 is 17.5 Å². The molecule has 0 radical (unpaired) electrons. The fraction of sp³-hybridized carbons (Fsp3) is 0.200. The zero-order valence-corrected chi connectivity index (χ0v) is 8.81. The number of benzene rings is 1. The fourth-order valence-electron chi connectivity index (χ4n) is 1.24. The van der Waals surface area contributed by atoms with Crippen molar-refractivity contribution in [3.05, 3.63) is 39.4 Å². The van der Waals surface area contributed by atoms with Crippen LogP contribution in [0.1, 0.15) is 22.8 Å². The zero-order valence-electron chi connectivity index (χ0n) is 8.81. The first-order chi connectivity index (χ1) is 7.41. The molecule has 6 heteroatoms. The molecule has 0 fully saturated rings. The van der Waals surface area contributed by atoms with E-state index in [4.69, 9.17) is 0 Å². The Bertz CT molecular complexity index is 468. The van der Waals surface area contributed by atoms with Crippen molar-refractivity contribution in [2.45, 2.75) is 13.8 Å². The number of non-ortho nitro benzene ring substituents is 1. The van der Waals surface area contributed by atoms with Gasteiger partial charge in [0.05, 0.1) is 4.92 Å². The van der Waals surface area contributed by atoms with Gasteiger partial charge in [0, 0.05) is 24.6 Å². The van der Waals surface area contributed by atoms with Gasteiger partial charge < -0.3 is 0 Å². The minimum Gasteiger partial charge on any atom is -0.293 e. The number of amides is 2. The SMILES string of the molecule is CC(=O)NC(=O)c1ccc([N+](=O)[O-])cc1C. The number of rotatable bonds is 2. The molecular formula is C10H10N2O4. The van der Waals surface area contributed by atoms with Gasteiger partial charge in [-0.1, -0.05) is 0 Å². The highest BCUT2D eigenvalue weighted by Gasteiger charge is 2.13. The molecule has 0 spiro atoms. The summed E-state index contributed by atoms with van der Waals surface area (Å²) in [5, 5.41) is 12.6. The number of carbonyl (C=O) groups excluding carboxylic acids is 2. The summed E-state index contributed by atoms with van der Waals surface area (Å²) in [6.45, 7) is 2.79. The largest absolute Gasteiger partial charge is 0.293 e. The number of nitro groups is 1. The molecule has 6 nitrogen and oxygen atoms in total. The molecule has 0 atom stereocenters. The molecule has 0 unspecified atom stereocenters. The van der Waals surface area contributed by atoms with Crippen LogP contribution in [0.15, 0.2) is 18.2 Å². The highest BCUT2D eigenvalue weighted by atomic mass is 16.6. The molecule has 0 saturated carbocycles. The molecule has 1 aromatic rings. The predicted molar refractivity (Wildman–Crippen MR) is 56.0 cm³/mol. The predicted octanol–water partition coefficient (Wildman–Crippen LogP) is 1.18. The first kappa shape index (κ1) is 11.8. The van der Waals surface area contributed by atoms with Crippen LogP contribution in [0.3, 0.4) is 0 Å². The summed E-state index contributed by atoms with van der Waals surface area (Å²) in [7, 11) is 0. The van der Waals surface area contributed by atoms with Crippen LogP contribution < -0.4 is 5.32 Å². The van der Waals surface area contributed by atoms with Crippen LogP contribution in [-0.2, 0) is 4.79 Å². The van der Waals surface area contributed by atoms with Gasteiger partial charge in [-0.15, -0.1) is 0 Å². The second-order valence-corrected chi connectivity index (χ2v) is 3.27. The van der Waals surface area contributed by atoms with E-state index >= 15 is 0 Å². The van der Waals surface area contributed by atoms with Gasteiger partial charge in [-0.25, -0.2) is 0 Å². The topological polar surface area (TPSA) is 89.3 Å². The van der Waals surface area contributed by atoms with Gasteiger partial charge in [0.1, 0.15) is 0 Å². The summed E-state index contributed by atoms with van der Waals surface area (Å²) >= 11 is 0. The van der Waals surface area contributed by atoms with Crippen LogP contribution in [-0.4, -0.2) is 16.7 Å². The number of aryl methyl sites for hydroxylation is 1. The van der Waals surface area contributed by atoms with E-state index in [1.165, 1.54) is 25.1 Å². The number of carbonyl (C=O) groups is 2. The Labute approximate surface area is 91.4 Å². The van der Waals surface area contributed by atoms with Crippen LogP contribution in [0.4, 0.5) is 5.69 Å². The van der Waals surface area contributed by atoms with Crippen LogP contribution >= 0.6 is 0 Å². The molecule has 1 aromatic carbocycles. The Balaban J connectivity index is 3.03. The maximum Gasteiger partial charge on any atom is 0.269 e. The Hall–Kier alpha value is -2.24. The molecule has 0 aliphatic carbocycles. The molecular weight excluding hydrogens is 212 g/mol. The minimum absolute atomic E-state index is 0.0862. The summed E-state index contributed by atoms with van der Waals surface area (Å²) in [6.07, 6.45) is 0. The van der Waals surface area contributed by atoms with Crippen molar-refractivity contribution in [3.8, 4) is 0 Å². The number of nitro benzene ring substituents is 1. The molecule has 0 aromatic heterocycles. The van der Waals surface area contributed by atoms with Crippen molar-refractivity contribution in [2.24, 2.45) is 0 Å². The van der Waals surface area contributed by atoms with Crippen molar-refractivity contribution in [2.75, 3.05) is 0 Å². The van der Waals surface area contributed by atoms with E-state index in [0.29, 0.717) is 5.56 Å². The summed E-state index contributed by atoms with van der Waals surface area (Å²) < 4.78 is 0. The van der Waals surface area contributed by atoms with Gasteiger partial charge in [-0.3, -0.25) is 25.0 Å². The van der Waals surface area contributed by atoms with E-state index in [-0.39, 0.29) is 11.3 Å². The average molecular weight is 222 g/mol. The quantitative estimate of drug-likeness (QED) is 0.601. The van der Waals surface area contributed by atoms with Crippen LogP contribution in [0.25, 0.3) is 0 Å². The summed E-state index contributed by atoms with van der Waals surface area (Å²) in [4.78, 5) is 32.1. The number of hydrogen-bond acceptors (Lipinski definition) is 4. The molecule has 0 bridgehead atoms. The van der Waals surface area contributed by atoms with Gasteiger partial charge in [-0.05, 0) is 18.6 Å². The highest BCUT2D eigenvalue weighted by Crippen LogP contribution is 2.16. The Morgan fingerprint density at radius 3 is 2.44 bits per heavy atom. The summed E-state index contributed by atoms with van der Waals surface area (Å²) in [5.74, 6) is -1.03. The van der Waals surface area contributed by atoms with Gasteiger partial charge >= 0.3 is 0 Å². The van der Waals surface area contributed by atoms with Crippen molar-refractivity contribution in [1.29, 1.82) is 0 Å². The van der Waals surface area contributed by atoms with Crippen LogP contribution in [0.5, 0.6) is 0 Å². The van der Waals surface area contributed by atoms with E-state index in [1.54, 1.807) is 6.92 Å². The second kappa shape index (κ2) is 4.52. The fourth-order valence-corrected chi connectivity index (χ4v) is 1.24. The highest BCUT2D eigenvalue weighted by molar-refractivity contribution is 6.05. The zero-order chi connectivity index (χ0) is 12.3. The third-order valence-corrected chi connectivity index (χ3v) is 1.95. The van der Waals surface area contributed by atoms with Crippen LogP contribution in [0, 0.1) is 17.0 Å². The van der Waals surface area contributed by atoms with Crippen molar-refractivity contribution in [1.82, 2.24) is 5.32 Å². The van der Waals surface area contributed by atoms with E-state index in [0.717, 1.165) is 0 Å². The van der Waals surface area contributed by atoms with Gasteiger partial charge in [0.15, 0.2) is 0 Å². The molecule has 0 aliphatic rings. The van der Waals surface area contributed by atoms with Gasteiger partial charge in [0.25, 0.3) is 11.6 Å². The third kappa shape index (κ3) is 2.63. The van der Waals surface area contributed by atoms with E-state index in [1.807, 2.05) is 0 Å². The van der Waals surface area contributed by atoms with Gasteiger partial charge in [-0.2, -0.15) is 0 Å². The standard InChI is InChI=1S/C10H10N2O4/c1-6-5-8(12(15)16)3-4-9(6)10(14)11-7(2)13/h3-5H,1-2H3,(H,11,13,14). The first-order valence-electron chi connectivity index (χ1n) is 4.49. The Kier molecular flexibility index (Phi) is 3.34. The van der Waals surface area contributed by atoms with Crippen molar-refractivity contribution < 1.29 is 14.5 Å². The van der Waals surface area contributed by atoms with Gasteiger partial charge in [0.2, 0.25) is 5.91 Å². The number of hydrogen-bond donors (Lipinski definition) is 1. The first-order valence-corrected chi connectivity index (χ1v) is 4.49. The maximum atomic E-state index is 11.5. The lowest BCUT2D eigenvalue weighted by Crippen LogP contribution is -2.28. The molecule has 2 amide bonds. The van der Waals surface area contributed by atoms with Crippen LogP contribution in [0.2, 0.25) is 0 Å². The Morgan fingerprint density at radius 1 is 1.38 bits per heavy atom. The molecule has 0 aliphatic heterocycles.